The van der Waals surface area contributed by atoms with Crippen molar-refractivity contribution < 1.29 is 28.7 Å². The van der Waals surface area contributed by atoms with Gasteiger partial charge < -0.3 is 30.8 Å². The lowest BCUT2D eigenvalue weighted by Crippen LogP contribution is -2.40. The third kappa shape index (κ3) is 6.76. The minimum atomic E-state index is -1.03. The van der Waals surface area contributed by atoms with Gasteiger partial charge in [0.1, 0.15) is 6.04 Å². The van der Waals surface area contributed by atoms with E-state index in [2.05, 4.69) is 15.6 Å². The molecule has 0 radical (unpaired) electrons. The Morgan fingerprint density at radius 1 is 1.18 bits per heavy atom. The maximum absolute atomic E-state index is 13.3. The van der Waals surface area contributed by atoms with Crippen LogP contribution in [0.1, 0.15) is 70.6 Å². The van der Waals surface area contributed by atoms with Gasteiger partial charge >= 0.3 is 12.1 Å². The van der Waals surface area contributed by atoms with Gasteiger partial charge in [-0.3, -0.25) is 19.8 Å². The standard InChI is InChI=1S/C26H34N6O6/c1-5-10-29-24(34)19-12-30-21(15(19)3)22(28)32(26(36)38-13-37-25(35)16(4)27)20-11-17(7-6-14(20)2)23(33)31-18-8-9-18/h6-7,11-12,16,18,28,30H,5,8-10,13,27H2,1-4H3,(H,29,34)(H,31,33). The van der Waals surface area contributed by atoms with Gasteiger partial charge in [-0.1, -0.05) is 13.0 Å². The van der Waals surface area contributed by atoms with Crippen LogP contribution in [-0.4, -0.2) is 60.1 Å². The average molecular weight is 527 g/mol. The largest absolute Gasteiger partial charge is 0.427 e. The summed E-state index contributed by atoms with van der Waals surface area (Å²) in [4.78, 5) is 54.1. The molecule has 12 nitrogen and oxygen atoms in total. The van der Waals surface area contributed by atoms with E-state index in [1.807, 2.05) is 6.92 Å². The van der Waals surface area contributed by atoms with E-state index in [0.717, 1.165) is 24.2 Å². The monoisotopic (exact) mass is 526 g/mol. The van der Waals surface area contributed by atoms with E-state index in [0.29, 0.717) is 28.8 Å². The highest BCUT2D eigenvalue weighted by molar-refractivity contribution is 6.21. The number of benzene rings is 1. The SMILES string of the molecule is CCCNC(=O)c1c[nH]c(C(=N)N(C(=O)OCOC(=O)C(C)N)c2cc(C(=O)NC3CC3)ccc2C)c1C. The molecule has 6 N–H and O–H groups in total. The normalized spacial score (nSPS) is 13.3. The van der Waals surface area contributed by atoms with Crippen molar-refractivity contribution in [2.24, 2.45) is 5.73 Å². The van der Waals surface area contributed by atoms with Gasteiger partial charge in [-0.25, -0.2) is 9.69 Å². The van der Waals surface area contributed by atoms with Gasteiger partial charge in [-0.05, 0) is 63.3 Å². The highest BCUT2D eigenvalue weighted by atomic mass is 16.7. The van der Waals surface area contributed by atoms with Crippen molar-refractivity contribution in [3.63, 3.8) is 0 Å². The van der Waals surface area contributed by atoms with Crippen LogP contribution in [0.25, 0.3) is 0 Å². The number of amidine groups is 1. The van der Waals surface area contributed by atoms with Gasteiger partial charge in [0, 0.05) is 24.3 Å². The summed E-state index contributed by atoms with van der Waals surface area (Å²) in [6.45, 7) is 6.49. The maximum Gasteiger partial charge on any atom is 0.423 e. The zero-order valence-electron chi connectivity index (χ0n) is 22.0. The Hall–Kier alpha value is -4.19. The lowest BCUT2D eigenvalue weighted by atomic mass is 10.1. The topological polar surface area (TPSA) is 180 Å². The number of aromatic amines is 1. The molecule has 1 aliphatic rings. The quantitative estimate of drug-likeness (QED) is 0.136. The highest BCUT2D eigenvalue weighted by Gasteiger charge is 2.30. The summed E-state index contributed by atoms with van der Waals surface area (Å²) in [5.74, 6) is -1.71. The van der Waals surface area contributed by atoms with Crippen molar-refractivity contribution >= 4 is 35.4 Å². The van der Waals surface area contributed by atoms with Gasteiger partial charge in [0.05, 0.1) is 16.9 Å². The van der Waals surface area contributed by atoms with Gasteiger partial charge in [-0.2, -0.15) is 0 Å². The minimum Gasteiger partial charge on any atom is -0.427 e. The zero-order valence-corrected chi connectivity index (χ0v) is 22.0. The summed E-state index contributed by atoms with van der Waals surface area (Å²) in [5.41, 5.74) is 7.54. The Kier molecular flexibility index (Phi) is 9.24. The molecule has 2 aromatic rings. The number of rotatable bonds is 10. The van der Waals surface area contributed by atoms with E-state index in [1.165, 1.54) is 19.2 Å². The van der Waals surface area contributed by atoms with E-state index < -0.39 is 24.9 Å². The zero-order chi connectivity index (χ0) is 28.0. The number of nitrogens with two attached hydrogens (primary N) is 1. The fourth-order valence-corrected chi connectivity index (χ4v) is 3.55. The summed E-state index contributed by atoms with van der Waals surface area (Å²) in [6, 6.07) is 4.00. The van der Waals surface area contributed by atoms with Crippen LogP contribution in [0.2, 0.25) is 0 Å². The van der Waals surface area contributed by atoms with Crippen molar-refractivity contribution in [2.75, 3.05) is 18.2 Å². The number of H-pyrrole nitrogens is 1. The maximum atomic E-state index is 13.3. The van der Waals surface area contributed by atoms with Crippen LogP contribution in [0.3, 0.4) is 0 Å². The summed E-state index contributed by atoms with van der Waals surface area (Å²) in [7, 11) is 0. The first-order valence-electron chi connectivity index (χ1n) is 12.4. The molecule has 1 saturated carbocycles. The second-order valence-electron chi connectivity index (χ2n) is 9.17. The number of aryl methyl sites for hydroxylation is 1. The minimum absolute atomic E-state index is 0.130. The van der Waals surface area contributed by atoms with Crippen LogP contribution in [0, 0.1) is 19.3 Å². The molecule has 0 aliphatic heterocycles. The lowest BCUT2D eigenvalue weighted by molar-refractivity contribution is -0.152. The van der Waals surface area contributed by atoms with Crippen LogP contribution in [0.4, 0.5) is 10.5 Å². The number of carbonyl (C=O) groups is 4. The molecule has 0 spiro atoms. The van der Waals surface area contributed by atoms with E-state index in [9.17, 15) is 19.2 Å². The van der Waals surface area contributed by atoms with Crippen LogP contribution < -0.4 is 21.3 Å². The van der Waals surface area contributed by atoms with Gasteiger partial charge in [-0.15, -0.1) is 0 Å². The third-order valence-electron chi connectivity index (χ3n) is 5.94. The van der Waals surface area contributed by atoms with Gasteiger partial charge in [0.15, 0.2) is 5.84 Å². The molecular weight excluding hydrogens is 492 g/mol. The Labute approximate surface area is 220 Å². The van der Waals surface area contributed by atoms with E-state index in [4.69, 9.17) is 20.6 Å². The summed E-state index contributed by atoms with van der Waals surface area (Å²) < 4.78 is 10.0. The predicted octanol–water partition coefficient (Wildman–Crippen LogP) is 2.48. The summed E-state index contributed by atoms with van der Waals surface area (Å²) >= 11 is 0. The van der Waals surface area contributed by atoms with Crippen LogP contribution in [0.15, 0.2) is 24.4 Å². The number of hydrogen-bond acceptors (Lipinski definition) is 8. The highest BCUT2D eigenvalue weighted by Crippen LogP contribution is 2.27. The first-order chi connectivity index (χ1) is 18.0. The fraction of sp³-hybridized carbons (Fsp3) is 0.423. The number of nitrogens with zero attached hydrogens (tertiary/aromatic N) is 1. The molecular formula is C26H34N6O6. The van der Waals surface area contributed by atoms with Crippen LogP contribution in [0.5, 0.6) is 0 Å². The molecule has 3 amide bonds. The van der Waals surface area contributed by atoms with E-state index >= 15 is 0 Å². The molecule has 1 aliphatic carbocycles. The number of amides is 3. The Morgan fingerprint density at radius 2 is 1.89 bits per heavy atom. The number of hydrogen-bond donors (Lipinski definition) is 5. The Balaban J connectivity index is 1.95. The lowest BCUT2D eigenvalue weighted by Gasteiger charge is -2.25. The average Bonchev–Trinajstić information content (AvgIpc) is 3.61. The molecule has 1 aromatic heterocycles. The number of aromatic nitrogens is 1. The Morgan fingerprint density at radius 3 is 2.53 bits per heavy atom. The summed E-state index contributed by atoms with van der Waals surface area (Å²) in [6.07, 6.45) is 3.02. The van der Waals surface area contributed by atoms with Crippen molar-refractivity contribution in [1.82, 2.24) is 15.6 Å². The molecule has 0 saturated heterocycles. The number of esters is 1. The second-order valence-corrected chi connectivity index (χ2v) is 9.17. The molecule has 1 aromatic carbocycles. The van der Waals surface area contributed by atoms with Gasteiger partial charge in [0.2, 0.25) is 6.79 Å². The van der Waals surface area contributed by atoms with Crippen LogP contribution >= 0.6 is 0 Å². The molecule has 38 heavy (non-hydrogen) atoms. The third-order valence-corrected chi connectivity index (χ3v) is 5.94. The number of ether oxygens (including phenoxy) is 2. The summed E-state index contributed by atoms with van der Waals surface area (Å²) in [5, 5.41) is 14.6. The molecule has 1 fully saturated rings. The number of nitrogens with one attached hydrogen (secondary N) is 4. The molecule has 1 unspecified atom stereocenters. The predicted molar refractivity (Wildman–Crippen MR) is 140 cm³/mol. The fourth-order valence-electron chi connectivity index (χ4n) is 3.55. The molecule has 204 valence electrons. The molecule has 1 heterocycles. The van der Waals surface area contributed by atoms with E-state index in [1.54, 1.807) is 26.0 Å². The van der Waals surface area contributed by atoms with Crippen molar-refractivity contribution in [3.8, 4) is 0 Å². The molecule has 1 atom stereocenters. The van der Waals surface area contributed by atoms with Crippen molar-refractivity contribution in [3.05, 3.63) is 52.3 Å². The number of carbonyl (C=O) groups excluding carboxylic acids is 4. The number of anilines is 1. The second kappa shape index (κ2) is 12.4. The molecule has 3 rings (SSSR count). The van der Waals surface area contributed by atoms with Crippen molar-refractivity contribution in [1.29, 1.82) is 5.41 Å². The smallest absolute Gasteiger partial charge is 0.423 e. The molecule has 12 heteroatoms. The first-order valence-corrected chi connectivity index (χ1v) is 12.4. The van der Waals surface area contributed by atoms with Gasteiger partial charge in [0.25, 0.3) is 11.8 Å². The van der Waals surface area contributed by atoms with E-state index in [-0.39, 0.29) is 35.1 Å². The van der Waals surface area contributed by atoms with Crippen molar-refractivity contribution in [2.45, 2.75) is 59.0 Å². The first kappa shape index (κ1) is 28.4. The molecule has 0 bridgehead atoms. The van der Waals surface area contributed by atoms with Crippen LogP contribution in [-0.2, 0) is 14.3 Å². The Bertz CT molecular complexity index is 1230.